The number of carbonyl (C=O) groups is 1. The summed E-state index contributed by atoms with van der Waals surface area (Å²) in [6.07, 6.45) is 7.14. The summed E-state index contributed by atoms with van der Waals surface area (Å²) in [6.45, 7) is 6.67. The molecule has 2 aliphatic rings. The minimum Gasteiger partial charge on any atom is -0.461 e. The van der Waals surface area contributed by atoms with Crippen molar-refractivity contribution >= 4 is 5.97 Å². The molecule has 3 heteroatoms. The fourth-order valence-electron chi connectivity index (χ4n) is 4.02. The van der Waals surface area contributed by atoms with Crippen LogP contribution in [-0.4, -0.2) is 17.6 Å². The van der Waals surface area contributed by atoms with Gasteiger partial charge in [0.15, 0.2) is 0 Å². The maximum Gasteiger partial charge on any atom is 0.326 e. The Kier molecular flexibility index (Phi) is 4.54. The van der Waals surface area contributed by atoms with E-state index < -0.39 is 5.54 Å². The third-order valence-electron chi connectivity index (χ3n) is 4.85. The molecule has 19 heavy (non-hydrogen) atoms. The van der Waals surface area contributed by atoms with E-state index >= 15 is 0 Å². The Morgan fingerprint density at radius 3 is 2.32 bits per heavy atom. The summed E-state index contributed by atoms with van der Waals surface area (Å²) in [6, 6.07) is 0. The van der Waals surface area contributed by atoms with Crippen molar-refractivity contribution < 1.29 is 9.53 Å². The van der Waals surface area contributed by atoms with Gasteiger partial charge in [0.2, 0.25) is 0 Å². The monoisotopic (exact) mass is 267 g/mol. The van der Waals surface area contributed by atoms with Crippen LogP contribution in [0.4, 0.5) is 0 Å². The van der Waals surface area contributed by atoms with Gasteiger partial charge in [-0.1, -0.05) is 33.6 Å². The Balaban J connectivity index is 1.92. The lowest BCUT2D eigenvalue weighted by Crippen LogP contribution is -2.53. The van der Waals surface area contributed by atoms with E-state index in [2.05, 4.69) is 20.8 Å². The van der Waals surface area contributed by atoms with Crippen molar-refractivity contribution in [3.63, 3.8) is 0 Å². The molecule has 0 aliphatic heterocycles. The van der Waals surface area contributed by atoms with Crippen LogP contribution in [0.15, 0.2) is 0 Å². The average Bonchev–Trinajstić information content (AvgIpc) is 2.26. The first-order valence-electron chi connectivity index (χ1n) is 7.89. The number of hydrogen-bond donors (Lipinski definition) is 1. The molecule has 0 aromatic rings. The Morgan fingerprint density at radius 2 is 1.74 bits per heavy atom. The zero-order valence-electron chi connectivity index (χ0n) is 12.7. The van der Waals surface area contributed by atoms with Gasteiger partial charge in [0.1, 0.15) is 11.6 Å². The van der Waals surface area contributed by atoms with Crippen LogP contribution in [-0.2, 0) is 9.53 Å². The summed E-state index contributed by atoms with van der Waals surface area (Å²) in [5, 5.41) is 0. The standard InChI is InChI=1S/C16H29NO2/c1-11-5-4-6-16(17,10-11)15(18)19-14-8-12(2)7-13(3)9-14/h11-14H,4-10,17H2,1-3H3. The topological polar surface area (TPSA) is 52.3 Å². The maximum absolute atomic E-state index is 12.4. The molecule has 0 bridgehead atoms. The lowest BCUT2D eigenvalue weighted by atomic mass is 9.77. The van der Waals surface area contributed by atoms with Crippen LogP contribution in [0.25, 0.3) is 0 Å². The number of esters is 1. The highest BCUT2D eigenvalue weighted by Gasteiger charge is 2.41. The van der Waals surface area contributed by atoms with E-state index in [9.17, 15) is 4.79 Å². The molecule has 0 aromatic carbocycles. The predicted molar refractivity (Wildman–Crippen MR) is 76.6 cm³/mol. The molecule has 0 heterocycles. The van der Waals surface area contributed by atoms with E-state index in [1.807, 2.05) is 0 Å². The fourth-order valence-corrected chi connectivity index (χ4v) is 4.02. The Hall–Kier alpha value is -0.570. The molecular formula is C16H29NO2. The summed E-state index contributed by atoms with van der Waals surface area (Å²) in [7, 11) is 0. The summed E-state index contributed by atoms with van der Waals surface area (Å²) < 4.78 is 5.76. The fraction of sp³-hybridized carbons (Fsp3) is 0.938. The van der Waals surface area contributed by atoms with Crippen molar-refractivity contribution in [2.24, 2.45) is 23.5 Å². The maximum atomic E-state index is 12.4. The van der Waals surface area contributed by atoms with Gasteiger partial charge in [-0.3, -0.25) is 4.79 Å². The van der Waals surface area contributed by atoms with E-state index in [1.165, 1.54) is 12.8 Å². The van der Waals surface area contributed by atoms with E-state index in [0.29, 0.717) is 17.8 Å². The van der Waals surface area contributed by atoms with Gasteiger partial charge < -0.3 is 10.5 Å². The van der Waals surface area contributed by atoms with Crippen LogP contribution in [0.1, 0.15) is 65.7 Å². The first kappa shape index (κ1) is 14.8. The highest BCUT2D eigenvalue weighted by molar-refractivity contribution is 5.80. The van der Waals surface area contributed by atoms with Crippen molar-refractivity contribution in [2.75, 3.05) is 0 Å². The third kappa shape index (κ3) is 3.71. The molecule has 0 aromatic heterocycles. The van der Waals surface area contributed by atoms with Crippen LogP contribution in [0.5, 0.6) is 0 Å². The van der Waals surface area contributed by atoms with Crippen molar-refractivity contribution in [1.29, 1.82) is 0 Å². The number of hydrogen-bond acceptors (Lipinski definition) is 3. The van der Waals surface area contributed by atoms with Gasteiger partial charge in [0, 0.05) is 0 Å². The molecule has 2 N–H and O–H groups in total. The van der Waals surface area contributed by atoms with Crippen molar-refractivity contribution in [1.82, 2.24) is 0 Å². The van der Waals surface area contributed by atoms with Crippen LogP contribution in [0.3, 0.4) is 0 Å². The zero-order valence-corrected chi connectivity index (χ0v) is 12.7. The predicted octanol–water partition coefficient (Wildman–Crippen LogP) is 3.26. The van der Waals surface area contributed by atoms with E-state index in [4.69, 9.17) is 10.5 Å². The van der Waals surface area contributed by atoms with E-state index in [0.717, 1.165) is 32.1 Å². The van der Waals surface area contributed by atoms with Crippen LogP contribution < -0.4 is 5.73 Å². The van der Waals surface area contributed by atoms with Crippen molar-refractivity contribution in [3.05, 3.63) is 0 Å². The summed E-state index contributed by atoms with van der Waals surface area (Å²) in [4.78, 5) is 12.4. The first-order valence-corrected chi connectivity index (χ1v) is 7.89. The lowest BCUT2D eigenvalue weighted by molar-refractivity contribution is -0.160. The molecule has 2 rings (SSSR count). The van der Waals surface area contributed by atoms with E-state index in [1.54, 1.807) is 0 Å². The number of nitrogens with two attached hydrogens (primary N) is 1. The molecule has 0 amide bonds. The normalized spacial score (nSPS) is 43.8. The molecule has 2 saturated carbocycles. The quantitative estimate of drug-likeness (QED) is 0.781. The van der Waals surface area contributed by atoms with Gasteiger partial charge in [-0.15, -0.1) is 0 Å². The van der Waals surface area contributed by atoms with Gasteiger partial charge in [0.25, 0.3) is 0 Å². The van der Waals surface area contributed by atoms with Crippen LogP contribution in [0.2, 0.25) is 0 Å². The van der Waals surface area contributed by atoms with Gasteiger partial charge >= 0.3 is 5.97 Å². The summed E-state index contributed by atoms with van der Waals surface area (Å²) >= 11 is 0. The van der Waals surface area contributed by atoms with E-state index in [-0.39, 0.29) is 12.1 Å². The molecule has 110 valence electrons. The molecule has 2 fully saturated rings. The minimum absolute atomic E-state index is 0.0870. The van der Waals surface area contributed by atoms with Crippen molar-refractivity contribution in [2.45, 2.75) is 77.4 Å². The van der Waals surface area contributed by atoms with Crippen LogP contribution >= 0.6 is 0 Å². The SMILES string of the molecule is CC1CC(C)CC(OC(=O)C2(N)CCCC(C)C2)C1. The van der Waals surface area contributed by atoms with Crippen molar-refractivity contribution in [3.8, 4) is 0 Å². The van der Waals surface area contributed by atoms with Gasteiger partial charge in [0.05, 0.1) is 0 Å². The third-order valence-corrected chi connectivity index (χ3v) is 4.85. The molecule has 4 unspecified atom stereocenters. The molecule has 4 atom stereocenters. The Labute approximate surface area is 117 Å². The average molecular weight is 267 g/mol. The summed E-state index contributed by atoms with van der Waals surface area (Å²) in [5.74, 6) is 1.70. The molecule has 0 saturated heterocycles. The van der Waals surface area contributed by atoms with Crippen LogP contribution in [0, 0.1) is 17.8 Å². The smallest absolute Gasteiger partial charge is 0.326 e. The molecule has 0 radical (unpaired) electrons. The number of rotatable bonds is 2. The van der Waals surface area contributed by atoms with Gasteiger partial charge in [-0.05, 0) is 49.9 Å². The second-order valence-corrected chi connectivity index (χ2v) is 7.30. The minimum atomic E-state index is -0.721. The lowest BCUT2D eigenvalue weighted by Gasteiger charge is -2.37. The second-order valence-electron chi connectivity index (χ2n) is 7.30. The molecule has 2 aliphatic carbocycles. The van der Waals surface area contributed by atoms with Gasteiger partial charge in [-0.25, -0.2) is 0 Å². The Morgan fingerprint density at radius 1 is 1.11 bits per heavy atom. The highest BCUT2D eigenvalue weighted by Crippen LogP contribution is 2.34. The largest absolute Gasteiger partial charge is 0.461 e. The molecule has 3 nitrogen and oxygen atoms in total. The first-order chi connectivity index (χ1) is 8.89. The number of carbonyl (C=O) groups excluding carboxylic acids is 1. The summed E-state index contributed by atoms with van der Waals surface area (Å²) in [5.41, 5.74) is 5.58. The molecular weight excluding hydrogens is 238 g/mol. The second kappa shape index (κ2) is 5.82. The van der Waals surface area contributed by atoms with Gasteiger partial charge in [-0.2, -0.15) is 0 Å². The molecule has 0 spiro atoms. The zero-order chi connectivity index (χ0) is 14.0. The highest BCUT2D eigenvalue weighted by atomic mass is 16.5. The number of ether oxygens (including phenoxy) is 1. The Bertz CT molecular complexity index is 321.